The lowest BCUT2D eigenvalue weighted by Gasteiger charge is -2.26. The maximum absolute atomic E-state index is 13.6. The molecule has 13 nitrogen and oxygen atoms in total. The highest BCUT2D eigenvalue weighted by molar-refractivity contribution is 5.98. The summed E-state index contributed by atoms with van der Waals surface area (Å²) in [5.41, 5.74) is 0.476. The van der Waals surface area contributed by atoms with E-state index < -0.39 is 47.3 Å². The Bertz CT molecular complexity index is 1480. The fraction of sp³-hybridized carbons (Fsp3) is 0.471. The van der Waals surface area contributed by atoms with Crippen molar-refractivity contribution in [2.24, 2.45) is 0 Å². The van der Waals surface area contributed by atoms with Gasteiger partial charge in [-0.1, -0.05) is 42.5 Å². The molecule has 5 N–H and O–H groups in total. The highest BCUT2D eigenvalue weighted by Gasteiger charge is 2.51. The topological polar surface area (TPSA) is 175 Å². The zero-order valence-electron chi connectivity index (χ0n) is 26.5. The van der Waals surface area contributed by atoms with Gasteiger partial charge in [-0.15, -0.1) is 0 Å². The molecule has 47 heavy (non-hydrogen) atoms. The summed E-state index contributed by atoms with van der Waals surface area (Å²) in [7, 11) is 0. The first-order valence-electron chi connectivity index (χ1n) is 16.2. The molecule has 0 aromatic heterocycles. The highest BCUT2D eigenvalue weighted by Crippen LogP contribution is 2.35. The summed E-state index contributed by atoms with van der Waals surface area (Å²) in [6.45, 7) is 2.78. The van der Waals surface area contributed by atoms with Crippen molar-refractivity contribution in [2.75, 3.05) is 26.2 Å². The van der Waals surface area contributed by atoms with Crippen molar-refractivity contribution in [3.8, 4) is 5.75 Å². The van der Waals surface area contributed by atoms with Gasteiger partial charge in [-0.3, -0.25) is 28.8 Å². The minimum absolute atomic E-state index is 0.00848. The molecular weight excluding hydrogens is 604 g/mol. The Balaban J connectivity index is 1.33. The Hall–Kier alpha value is -4.94. The molecule has 3 heterocycles. The maximum atomic E-state index is 13.6. The van der Waals surface area contributed by atoms with E-state index in [2.05, 4.69) is 26.6 Å². The number of nitrogens with one attached hydrogen (secondary N) is 5. The molecule has 1 saturated heterocycles. The van der Waals surface area contributed by atoms with E-state index in [1.54, 1.807) is 29.2 Å². The number of fused-ring (bicyclic) bond motifs is 15. The van der Waals surface area contributed by atoms with Gasteiger partial charge in [-0.2, -0.15) is 0 Å². The fourth-order valence-corrected chi connectivity index (χ4v) is 5.70. The molecule has 2 fully saturated rings. The van der Waals surface area contributed by atoms with Crippen LogP contribution in [0.3, 0.4) is 0 Å². The molecule has 250 valence electrons. The molecule has 6 rings (SSSR count). The van der Waals surface area contributed by atoms with Crippen LogP contribution in [0.5, 0.6) is 5.75 Å². The summed E-state index contributed by atoms with van der Waals surface area (Å²) in [6.07, 6.45) is 2.49. The van der Waals surface area contributed by atoms with Crippen LogP contribution in [0.1, 0.15) is 50.2 Å². The van der Waals surface area contributed by atoms with Crippen molar-refractivity contribution in [1.29, 1.82) is 0 Å². The van der Waals surface area contributed by atoms with Crippen LogP contribution in [0, 0.1) is 0 Å². The lowest BCUT2D eigenvalue weighted by molar-refractivity contribution is -0.134. The molecule has 2 aromatic carbocycles. The number of rotatable bonds is 6. The fourth-order valence-electron chi connectivity index (χ4n) is 5.70. The van der Waals surface area contributed by atoms with E-state index in [4.69, 9.17) is 4.74 Å². The first kappa shape index (κ1) is 33.4. The molecule has 4 aliphatic rings. The second-order valence-electron chi connectivity index (χ2n) is 12.4. The van der Waals surface area contributed by atoms with Crippen LogP contribution in [-0.2, 0) is 41.6 Å². The molecule has 0 radical (unpaired) electrons. The SMILES string of the molecule is C[C@@H]1NC(=O)[C@@H](NC(=O)CCN2CCCC2=O)Cc2ccc(cc2)OCCNC(=O)C2(CC2)NC(=O)[C@@H](Cc2ccccc2)NC1=O. The predicted molar refractivity (Wildman–Crippen MR) is 171 cm³/mol. The van der Waals surface area contributed by atoms with Gasteiger partial charge in [0.25, 0.3) is 0 Å². The Morgan fingerprint density at radius 2 is 1.70 bits per heavy atom. The van der Waals surface area contributed by atoms with Gasteiger partial charge in [-0.05, 0) is 49.4 Å². The molecule has 2 aromatic rings. The van der Waals surface area contributed by atoms with Gasteiger partial charge in [-0.25, -0.2) is 0 Å². The summed E-state index contributed by atoms with van der Waals surface area (Å²) in [5.74, 6) is -1.84. The number of ether oxygens (including phenoxy) is 1. The van der Waals surface area contributed by atoms with Crippen LogP contribution in [0.4, 0.5) is 0 Å². The first-order valence-corrected chi connectivity index (χ1v) is 16.2. The van der Waals surface area contributed by atoms with Gasteiger partial charge in [0.15, 0.2) is 0 Å². The number of hydrogen-bond donors (Lipinski definition) is 5. The number of amides is 6. The molecule has 1 saturated carbocycles. The molecular formula is C34H42N6O7. The van der Waals surface area contributed by atoms with Crippen molar-refractivity contribution < 1.29 is 33.5 Å². The molecule has 0 unspecified atom stereocenters. The number of carbonyl (C=O) groups is 6. The maximum Gasteiger partial charge on any atom is 0.245 e. The van der Waals surface area contributed by atoms with Gasteiger partial charge >= 0.3 is 0 Å². The van der Waals surface area contributed by atoms with Gasteiger partial charge in [0.05, 0.1) is 6.54 Å². The molecule has 3 atom stereocenters. The highest BCUT2D eigenvalue weighted by atomic mass is 16.5. The third-order valence-corrected chi connectivity index (χ3v) is 8.67. The van der Waals surface area contributed by atoms with Crippen LogP contribution in [0.25, 0.3) is 0 Å². The summed E-state index contributed by atoms with van der Waals surface area (Å²) in [5, 5.41) is 13.9. The summed E-state index contributed by atoms with van der Waals surface area (Å²) < 4.78 is 5.78. The zero-order valence-corrected chi connectivity index (χ0v) is 26.5. The lowest BCUT2D eigenvalue weighted by atomic mass is 10.0. The van der Waals surface area contributed by atoms with Gasteiger partial charge in [0.2, 0.25) is 35.4 Å². The van der Waals surface area contributed by atoms with Crippen molar-refractivity contribution >= 4 is 35.4 Å². The molecule has 1 aliphatic carbocycles. The van der Waals surface area contributed by atoms with E-state index in [-0.39, 0.29) is 50.8 Å². The second kappa shape index (κ2) is 15.1. The zero-order chi connectivity index (χ0) is 33.4. The smallest absolute Gasteiger partial charge is 0.245 e. The van der Waals surface area contributed by atoms with Crippen LogP contribution in [-0.4, -0.2) is 90.2 Å². The largest absolute Gasteiger partial charge is 0.492 e. The third-order valence-electron chi connectivity index (χ3n) is 8.67. The second-order valence-corrected chi connectivity index (χ2v) is 12.4. The van der Waals surface area contributed by atoms with Crippen molar-refractivity contribution in [3.05, 3.63) is 65.7 Å². The normalized spacial score (nSPS) is 23.6. The minimum Gasteiger partial charge on any atom is -0.492 e. The Kier molecular flexibility index (Phi) is 10.7. The van der Waals surface area contributed by atoms with E-state index >= 15 is 0 Å². The lowest BCUT2D eigenvalue weighted by Crippen LogP contribution is -2.59. The van der Waals surface area contributed by atoms with Crippen molar-refractivity contribution in [3.63, 3.8) is 0 Å². The van der Waals surface area contributed by atoms with Crippen LogP contribution in [0.2, 0.25) is 0 Å². The Morgan fingerprint density at radius 3 is 2.38 bits per heavy atom. The molecule has 13 heteroatoms. The summed E-state index contributed by atoms with van der Waals surface area (Å²) >= 11 is 0. The van der Waals surface area contributed by atoms with Gasteiger partial charge in [0.1, 0.15) is 36.0 Å². The third kappa shape index (κ3) is 9.08. The van der Waals surface area contributed by atoms with E-state index in [0.29, 0.717) is 31.6 Å². The average Bonchev–Trinajstić information content (AvgIpc) is 3.73. The van der Waals surface area contributed by atoms with Crippen molar-refractivity contribution in [1.82, 2.24) is 31.5 Å². The van der Waals surface area contributed by atoms with Gasteiger partial charge < -0.3 is 36.2 Å². The van der Waals surface area contributed by atoms with Crippen LogP contribution >= 0.6 is 0 Å². The summed E-state index contributed by atoms with van der Waals surface area (Å²) in [4.78, 5) is 80.1. The van der Waals surface area contributed by atoms with E-state index in [9.17, 15) is 28.8 Å². The quantitative estimate of drug-likeness (QED) is 0.277. The Labute approximate surface area is 273 Å². The van der Waals surface area contributed by atoms with E-state index in [0.717, 1.165) is 17.5 Å². The minimum atomic E-state index is -1.06. The Morgan fingerprint density at radius 1 is 0.957 bits per heavy atom. The monoisotopic (exact) mass is 646 g/mol. The molecule has 1 spiro atoms. The number of hydrogen-bond acceptors (Lipinski definition) is 7. The van der Waals surface area contributed by atoms with Crippen LogP contribution in [0.15, 0.2) is 54.6 Å². The number of nitrogens with zero attached hydrogens (tertiary/aromatic N) is 1. The molecule has 3 aliphatic heterocycles. The summed E-state index contributed by atoms with van der Waals surface area (Å²) in [6, 6.07) is 13.1. The molecule has 6 amide bonds. The van der Waals surface area contributed by atoms with E-state index in [1.807, 2.05) is 30.3 Å². The first-order chi connectivity index (χ1) is 22.6. The van der Waals surface area contributed by atoms with Crippen molar-refractivity contribution in [2.45, 2.75) is 75.5 Å². The number of carbonyl (C=O) groups excluding carboxylic acids is 6. The average molecular weight is 647 g/mol. The van der Waals surface area contributed by atoms with Gasteiger partial charge in [0, 0.05) is 38.8 Å². The standard InChI is InChI=1S/C34H42N6O7/c1-22-30(43)38-27(20-23-6-3-2-4-7-23)32(45)39-34(14-15-34)33(46)35-16-19-47-25-11-9-24(10-12-25)21-26(31(44)36-22)37-28(41)13-18-40-17-5-8-29(40)42/h2-4,6-7,9-12,22,26-27H,5,8,13-21H2,1H3,(H,35,46)(H,36,44)(H,37,41)(H,38,43)(H,39,45)/t22-,26-,27+/m0/s1. The van der Waals surface area contributed by atoms with Crippen LogP contribution < -0.4 is 31.3 Å². The number of likely N-dealkylation sites (tertiary alicyclic amines) is 1. The van der Waals surface area contributed by atoms with E-state index in [1.165, 1.54) is 6.92 Å². The number of benzene rings is 2. The predicted octanol–water partition coefficient (Wildman–Crippen LogP) is 0.116. The molecule has 2 bridgehead atoms.